The van der Waals surface area contributed by atoms with E-state index in [0.717, 1.165) is 49.7 Å². The zero-order valence-corrected chi connectivity index (χ0v) is 17.5. The highest BCUT2D eigenvalue weighted by Crippen LogP contribution is 2.61. The summed E-state index contributed by atoms with van der Waals surface area (Å²) in [6.07, 6.45) is 10.8. The second kappa shape index (κ2) is 7.49. The Morgan fingerprint density at radius 2 is 1.97 bits per heavy atom. The molecule has 1 aromatic rings. The third-order valence-corrected chi connectivity index (χ3v) is 8.59. The van der Waals surface area contributed by atoms with Gasteiger partial charge in [0.05, 0.1) is 16.7 Å². The number of nitro groups is 1. The van der Waals surface area contributed by atoms with Crippen LogP contribution in [0, 0.1) is 39.2 Å². The van der Waals surface area contributed by atoms with Gasteiger partial charge in [-0.25, -0.2) is 0 Å². The van der Waals surface area contributed by atoms with Gasteiger partial charge in [0, 0.05) is 6.07 Å². The van der Waals surface area contributed by atoms with E-state index in [0.29, 0.717) is 11.8 Å². The van der Waals surface area contributed by atoms with Gasteiger partial charge in [-0.1, -0.05) is 29.8 Å². The first-order valence-corrected chi connectivity index (χ1v) is 11.3. The SMILES string of the molecule is CC12CCC3C4CCC(=NOc5ccccc5[N+](=O)[O-])C=C4CCC3C1CCC2O. The quantitative estimate of drug-likeness (QED) is 0.544. The van der Waals surface area contributed by atoms with Gasteiger partial charge in [0.25, 0.3) is 0 Å². The summed E-state index contributed by atoms with van der Waals surface area (Å²) < 4.78 is 0. The van der Waals surface area contributed by atoms with Crippen molar-refractivity contribution in [2.24, 2.45) is 34.2 Å². The molecule has 0 saturated heterocycles. The molecule has 4 aliphatic carbocycles. The summed E-state index contributed by atoms with van der Waals surface area (Å²) in [7, 11) is 0. The number of para-hydroxylation sites is 2. The maximum Gasteiger partial charge on any atom is 0.314 e. The second-order valence-electron chi connectivity index (χ2n) is 9.87. The molecular weight excluding hydrogens is 380 g/mol. The minimum absolute atomic E-state index is 0.0623. The fourth-order valence-electron chi connectivity index (χ4n) is 7.03. The average Bonchev–Trinajstić information content (AvgIpc) is 3.06. The molecule has 6 atom stereocenters. The zero-order chi connectivity index (χ0) is 20.9. The summed E-state index contributed by atoms with van der Waals surface area (Å²) in [6.45, 7) is 2.32. The molecule has 4 aliphatic rings. The van der Waals surface area contributed by atoms with Crippen molar-refractivity contribution in [3.05, 3.63) is 46.0 Å². The van der Waals surface area contributed by atoms with Crippen molar-refractivity contribution in [3.63, 3.8) is 0 Å². The lowest BCUT2D eigenvalue weighted by atomic mass is 9.52. The van der Waals surface area contributed by atoms with Gasteiger partial charge in [0.2, 0.25) is 5.75 Å². The monoisotopic (exact) mass is 410 g/mol. The lowest BCUT2D eigenvalue weighted by Gasteiger charge is -2.53. The first-order valence-electron chi connectivity index (χ1n) is 11.3. The van der Waals surface area contributed by atoms with E-state index >= 15 is 0 Å². The number of allylic oxidation sites excluding steroid dienone is 2. The number of aliphatic hydroxyl groups excluding tert-OH is 1. The average molecular weight is 411 g/mol. The molecule has 0 aliphatic heterocycles. The van der Waals surface area contributed by atoms with Gasteiger partial charge in [-0.3, -0.25) is 10.1 Å². The lowest BCUT2D eigenvalue weighted by molar-refractivity contribution is -0.385. The molecule has 30 heavy (non-hydrogen) atoms. The summed E-state index contributed by atoms with van der Waals surface area (Å²) in [5, 5.41) is 26.0. The van der Waals surface area contributed by atoms with Crippen LogP contribution in [0.2, 0.25) is 0 Å². The summed E-state index contributed by atoms with van der Waals surface area (Å²) in [4.78, 5) is 16.2. The van der Waals surface area contributed by atoms with Crippen molar-refractivity contribution in [3.8, 4) is 5.75 Å². The third-order valence-electron chi connectivity index (χ3n) is 8.59. The van der Waals surface area contributed by atoms with Crippen LogP contribution in [0.25, 0.3) is 0 Å². The molecule has 6 unspecified atom stereocenters. The van der Waals surface area contributed by atoms with Crippen LogP contribution in [-0.4, -0.2) is 21.8 Å². The highest BCUT2D eigenvalue weighted by atomic mass is 16.6. The van der Waals surface area contributed by atoms with E-state index in [-0.39, 0.29) is 23.0 Å². The summed E-state index contributed by atoms with van der Waals surface area (Å²) in [6, 6.07) is 6.36. The van der Waals surface area contributed by atoms with Crippen molar-refractivity contribution < 1.29 is 14.9 Å². The molecule has 3 fully saturated rings. The van der Waals surface area contributed by atoms with Crippen LogP contribution in [0.3, 0.4) is 0 Å². The first kappa shape index (κ1) is 19.7. The number of hydrogen-bond donors (Lipinski definition) is 1. The Morgan fingerprint density at radius 3 is 2.80 bits per heavy atom. The molecule has 0 radical (unpaired) electrons. The van der Waals surface area contributed by atoms with Gasteiger partial charge in [-0.05, 0) is 92.6 Å². The van der Waals surface area contributed by atoms with E-state index in [4.69, 9.17) is 4.84 Å². The number of benzene rings is 1. The molecule has 160 valence electrons. The molecule has 5 rings (SSSR count). The third kappa shape index (κ3) is 3.16. The lowest BCUT2D eigenvalue weighted by Crippen LogP contribution is -2.47. The van der Waals surface area contributed by atoms with Gasteiger partial charge >= 0.3 is 5.69 Å². The van der Waals surface area contributed by atoms with Crippen LogP contribution >= 0.6 is 0 Å². The maximum absolute atomic E-state index is 11.2. The molecule has 3 saturated carbocycles. The van der Waals surface area contributed by atoms with Crippen molar-refractivity contribution in [2.75, 3.05) is 0 Å². The van der Waals surface area contributed by atoms with Crippen LogP contribution in [-0.2, 0) is 0 Å². The number of hydrogen-bond acceptors (Lipinski definition) is 5. The van der Waals surface area contributed by atoms with E-state index in [1.807, 2.05) is 0 Å². The molecule has 0 spiro atoms. The molecule has 1 N–H and O–H groups in total. The number of aliphatic hydroxyl groups is 1. The minimum atomic E-state index is -0.442. The normalized spacial score (nSPS) is 38.9. The first-order chi connectivity index (χ1) is 14.5. The predicted octanol–water partition coefficient (Wildman–Crippen LogP) is 5.26. The Labute approximate surface area is 177 Å². The number of nitrogens with zero attached hydrogens (tertiary/aromatic N) is 2. The second-order valence-corrected chi connectivity index (χ2v) is 9.87. The molecule has 0 heterocycles. The Hall–Kier alpha value is -2.21. The van der Waals surface area contributed by atoms with Crippen molar-refractivity contribution in [1.82, 2.24) is 0 Å². The molecule has 0 amide bonds. The van der Waals surface area contributed by atoms with Crippen LogP contribution in [0.5, 0.6) is 5.75 Å². The number of nitro benzene ring substituents is 1. The topological polar surface area (TPSA) is 85.0 Å². The minimum Gasteiger partial charge on any atom is -0.393 e. The standard InChI is InChI=1S/C24H30N2O4/c1-24-13-12-18-17-9-7-16(25-30-22-5-3-2-4-21(22)26(28)29)14-15(17)6-8-19(18)20(24)10-11-23(24)27/h2-5,14,17-20,23,27H,6-13H2,1H3. The fourth-order valence-corrected chi connectivity index (χ4v) is 7.03. The molecule has 0 bridgehead atoms. The Morgan fingerprint density at radius 1 is 1.13 bits per heavy atom. The fraction of sp³-hybridized carbons (Fsp3) is 0.625. The van der Waals surface area contributed by atoms with Crippen molar-refractivity contribution in [2.45, 2.75) is 64.4 Å². The molecule has 6 nitrogen and oxygen atoms in total. The number of oxime groups is 1. The number of rotatable bonds is 3. The van der Waals surface area contributed by atoms with Crippen molar-refractivity contribution in [1.29, 1.82) is 0 Å². The Kier molecular flexibility index (Phi) is 4.92. The van der Waals surface area contributed by atoms with Crippen molar-refractivity contribution >= 4 is 11.4 Å². The molecule has 6 heteroatoms. The van der Waals surface area contributed by atoms with E-state index in [1.54, 1.807) is 18.2 Å². The van der Waals surface area contributed by atoms with Crippen LogP contribution in [0.4, 0.5) is 5.69 Å². The Balaban J connectivity index is 1.32. The van der Waals surface area contributed by atoms with E-state index in [2.05, 4.69) is 18.2 Å². The molecular formula is C24H30N2O4. The summed E-state index contributed by atoms with van der Waals surface area (Å²) >= 11 is 0. The smallest absolute Gasteiger partial charge is 0.314 e. The maximum atomic E-state index is 11.2. The van der Waals surface area contributed by atoms with E-state index in [9.17, 15) is 15.2 Å². The summed E-state index contributed by atoms with van der Waals surface area (Å²) in [5.41, 5.74) is 2.43. The highest BCUT2D eigenvalue weighted by molar-refractivity contribution is 5.96. The van der Waals surface area contributed by atoms with Gasteiger partial charge < -0.3 is 9.94 Å². The predicted molar refractivity (Wildman–Crippen MR) is 114 cm³/mol. The van der Waals surface area contributed by atoms with Gasteiger partial charge in [-0.2, -0.15) is 0 Å². The van der Waals surface area contributed by atoms with E-state index < -0.39 is 4.92 Å². The van der Waals surface area contributed by atoms with Crippen LogP contribution in [0.1, 0.15) is 58.3 Å². The number of fused-ring (bicyclic) bond motifs is 5. The zero-order valence-electron chi connectivity index (χ0n) is 17.5. The van der Waals surface area contributed by atoms with Gasteiger partial charge in [-0.15, -0.1) is 0 Å². The van der Waals surface area contributed by atoms with Gasteiger partial charge in [0.1, 0.15) is 0 Å². The van der Waals surface area contributed by atoms with Crippen LogP contribution in [0.15, 0.2) is 41.1 Å². The molecule has 1 aromatic carbocycles. The van der Waals surface area contributed by atoms with E-state index in [1.165, 1.54) is 30.9 Å². The van der Waals surface area contributed by atoms with Gasteiger partial charge in [0.15, 0.2) is 0 Å². The van der Waals surface area contributed by atoms with Crippen LogP contribution < -0.4 is 4.84 Å². The summed E-state index contributed by atoms with van der Waals surface area (Å²) in [5.74, 6) is 2.95. The Bertz CT molecular complexity index is 910. The molecule has 0 aromatic heterocycles. The largest absolute Gasteiger partial charge is 0.393 e. The highest BCUT2D eigenvalue weighted by Gasteiger charge is 2.55.